The quantitative estimate of drug-likeness (QED) is 0.855. The molecule has 4 heteroatoms. The average Bonchev–Trinajstić information content (AvgIpc) is 2.67. The van der Waals surface area contributed by atoms with E-state index in [2.05, 4.69) is 40.0 Å². The van der Waals surface area contributed by atoms with Crippen molar-refractivity contribution in [3.05, 3.63) is 27.8 Å². The van der Waals surface area contributed by atoms with Crippen LogP contribution in [0.4, 0.5) is 0 Å². The van der Waals surface area contributed by atoms with Gasteiger partial charge in [0, 0.05) is 16.0 Å². The summed E-state index contributed by atoms with van der Waals surface area (Å²) in [6, 6.07) is 8.20. The standard InChI is InChI=1S/C11H14INO.ClH/c12-10-2-1-3-11(6-10)14-8-9-4-5-13-7-9;/h1-3,6,9,13H,4-5,7-8H2;1H/t9-;/m1./s1. The van der Waals surface area contributed by atoms with E-state index in [1.165, 1.54) is 9.99 Å². The first-order valence-corrected chi connectivity index (χ1v) is 6.01. The lowest BCUT2D eigenvalue weighted by atomic mass is 10.1. The molecule has 0 aromatic heterocycles. The Balaban J connectivity index is 0.00000112. The van der Waals surface area contributed by atoms with Crippen LogP contribution in [0.15, 0.2) is 24.3 Å². The summed E-state index contributed by atoms with van der Waals surface area (Å²) in [5, 5.41) is 3.34. The van der Waals surface area contributed by atoms with Crippen molar-refractivity contribution in [3.63, 3.8) is 0 Å². The monoisotopic (exact) mass is 339 g/mol. The van der Waals surface area contributed by atoms with Gasteiger partial charge < -0.3 is 10.1 Å². The van der Waals surface area contributed by atoms with Gasteiger partial charge in [0.2, 0.25) is 0 Å². The first-order chi connectivity index (χ1) is 6.84. The van der Waals surface area contributed by atoms with E-state index in [9.17, 15) is 0 Å². The number of rotatable bonds is 3. The van der Waals surface area contributed by atoms with Gasteiger partial charge in [0.15, 0.2) is 0 Å². The Labute approximate surface area is 110 Å². The topological polar surface area (TPSA) is 21.3 Å². The number of ether oxygens (including phenoxy) is 1. The van der Waals surface area contributed by atoms with Crippen molar-refractivity contribution in [2.45, 2.75) is 6.42 Å². The highest BCUT2D eigenvalue weighted by molar-refractivity contribution is 14.1. The van der Waals surface area contributed by atoms with Gasteiger partial charge in [0.05, 0.1) is 6.61 Å². The fraction of sp³-hybridized carbons (Fsp3) is 0.455. The van der Waals surface area contributed by atoms with Crippen molar-refractivity contribution in [1.82, 2.24) is 5.32 Å². The molecule has 0 unspecified atom stereocenters. The van der Waals surface area contributed by atoms with E-state index in [0.29, 0.717) is 5.92 Å². The number of hydrogen-bond donors (Lipinski definition) is 1. The molecule has 0 amide bonds. The summed E-state index contributed by atoms with van der Waals surface area (Å²) in [6.07, 6.45) is 1.24. The predicted octanol–water partition coefficient (Wildman–Crippen LogP) is 2.70. The van der Waals surface area contributed by atoms with Gasteiger partial charge in [-0.2, -0.15) is 0 Å². The van der Waals surface area contributed by atoms with Crippen LogP contribution in [-0.4, -0.2) is 19.7 Å². The smallest absolute Gasteiger partial charge is 0.120 e. The molecule has 0 saturated carbocycles. The van der Waals surface area contributed by atoms with Crippen LogP contribution in [0.3, 0.4) is 0 Å². The summed E-state index contributed by atoms with van der Waals surface area (Å²) in [5.74, 6) is 1.68. The molecule has 0 spiro atoms. The van der Waals surface area contributed by atoms with E-state index >= 15 is 0 Å². The zero-order valence-corrected chi connectivity index (χ0v) is 11.4. The zero-order valence-electron chi connectivity index (χ0n) is 8.41. The van der Waals surface area contributed by atoms with Crippen molar-refractivity contribution in [1.29, 1.82) is 0 Å². The molecule has 1 aliphatic rings. The highest BCUT2D eigenvalue weighted by Crippen LogP contribution is 2.16. The van der Waals surface area contributed by atoms with Crippen LogP contribution in [0.5, 0.6) is 5.75 Å². The number of benzene rings is 1. The fourth-order valence-corrected chi connectivity index (χ4v) is 2.14. The summed E-state index contributed by atoms with van der Waals surface area (Å²) in [7, 11) is 0. The molecule has 1 atom stereocenters. The maximum absolute atomic E-state index is 5.73. The second kappa shape index (κ2) is 6.55. The van der Waals surface area contributed by atoms with Gasteiger partial charge in [0.1, 0.15) is 5.75 Å². The van der Waals surface area contributed by atoms with Gasteiger partial charge in [0.25, 0.3) is 0 Å². The molecule has 1 saturated heterocycles. The highest BCUT2D eigenvalue weighted by Gasteiger charge is 2.14. The molecule has 0 radical (unpaired) electrons. The van der Waals surface area contributed by atoms with E-state index < -0.39 is 0 Å². The Bertz CT molecular complexity index is 302. The van der Waals surface area contributed by atoms with Gasteiger partial charge in [-0.05, 0) is 53.8 Å². The predicted molar refractivity (Wildman–Crippen MR) is 72.9 cm³/mol. The van der Waals surface area contributed by atoms with Crippen LogP contribution in [0.1, 0.15) is 6.42 Å². The van der Waals surface area contributed by atoms with E-state index in [4.69, 9.17) is 4.74 Å². The van der Waals surface area contributed by atoms with Crippen molar-refractivity contribution in [2.75, 3.05) is 19.7 Å². The number of hydrogen-bond acceptors (Lipinski definition) is 2. The Kier molecular flexibility index (Phi) is 5.71. The van der Waals surface area contributed by atoms with Crippen LogP contribution in [0.2, 0.25) is 0 Å². The molecule has 84 valence electrons. The lowest BCUT2D eigenvalue weighted by Gasteiger charge is -2.10. The zero-order chi connectivity index (χ0) is 9.80. The van der Waals surface area contributed by atoms with Crippen molar-refractivity contribution < 1.29 is 4.74 Å². The fourth-order valence-electron chi connectivity index (χ4n) is 1.63. The lowest BCUT2D eigenvalue weighted by Crippen LogP contribution is -2.15. The largest absolute Gasteiger partial charge is 0.493 e. The van der Waals surface area contributed by atoms with Crippen LogP contribution in [-0.2, 0) is 0 Å². The molecule has 1 aromatic carbocycles. The Hall–Kier alpha value is -0.0000000000000000278. The Morgan fingerprint density at radius 2 is 2.33 bits per heavy atom. The minimum absolute atomic E-state index is 0. The molecule has 2 nitrogen and oxygen atoms in total. The molecule has 1 fully saturated rings. The summed E-state index contributed by atoms with van der Waals surface area (Å²) in [6.45, 7) is 3.08. The maximum atomic E-state index is 5.73. The van der Waals surface area contributed by atoms with Crippen molar-refractivity contribution in [2.24, 2.45) is 5.92 Å². The SMILES string of the molecule is Cl.Ic1cccc(OC[C@@H]2CCNC2)c1. The molecule has 1 heterocycles. The third-order valence-corrected chi connectivity index (χ3v) is 3.12. The molecular weight excluding hydrogens is 324 g/mol. The second-order valence-corrected chi connectivity index (χ2v) is 4.87. The Morgan fingerprint density at radius 1 is 1.47 bits per heavy atom. The molecule has 1 aliphatic heterocycles. The van der Waals surface area contributed by atoms with Gasteiger partial charge in [-0.15, -0.1) is 12.4 Å². The molecule has 2 rings (SSSR count). The molecule has 0 bridgehead atoms. The van der Waals surface area contributed by atoms with E-state index in [1.807, 2.05) is 12.1 Å². The van der Waals surface area contributed by atoms with Gasteiger partial charge >= 0.3 is 0 Å². The maximum Gasteiger partial charge on any atom is 0.120 e. The number of halogens is 2. The third-order valence-electron chi connectivity index (χ3n) is 2.44. The number of nitrogens with one attached hydrogen (secondary N) is 1. The highest BCUT2D eigenvalue weighted by atomic mass is 127. The van der Waals surface area contributed by atoms with Gasteiger partial charge in [-0.3, -0.25) is 0 Å². The lowest BCUT2D eigenvalue weighted by molar-refractivity contribution is 0.260. The average molecular weight is 340 g/mol. The summed E-state index contributed by atoms with van der Waals surface area (Å²) < 4.78 is 6.95. The summed E-state index contributed by atoms with van der Waals surface area (Å²) >= 11 is 2.30. The molecular formula is C11H15ClINO. The van der Waals surface area contributed by atoms with Crippen LogP contribution >= 0.6 is 35.0 Å². The van der Waals surface area contributed by atoms with E-state index in [0.717, 1.165) is 25.4 Å². The van der Waals surface area contributed by atoms with Gasteiger partial charge in [-0.1, -0.05) is 6.07 Å². The van der Waals surface area contributed by atoms with E-state index in [1.54, 1.807) is 0 Å². The second-order valence-electron chi connectivity index (χ2n) is 3.63. The van der Waals surface area contributed by atoms with Crippen LogP contribution < -0.4 is 10.1 Å². The van der Waals surface area contributed by atoms with Gasteiger partial charge in [-0.25, -0.2) is 0 Å². The first-order valence-electron chi connectivity index (χ1n) is 4.94. The van der Waals surface area contributed by atoms with E-state index in [-0.39, 0.29) is 12.4 Å². The molecule has 15 heavy (non-hydrogen) atoms. The molecule has 1 N–H and O–H groups in total. The minimum Gasteiger partial charge on any atom is -0.493 e. The third kappa shape index (κ3) is 4.17. The van der Waals surface area contributed by atoms with Crippen molar-refractivity contribution >= 4 is 35.0 Å². The Morgan fingerprint density at radius 3 is 3.00 bits per heavy atom. The van der Waals surface area contributed by atoms with Crippen molar-refractivity contribution in [3.8, 4) is 5.75 Å². The van der Waals surface area contributed by atoms with Crippen LogP contribution in [0.25, 0.3) is 0 Å². The molecule has 0 aliphatic carbocycles. The summed E-state index contributed by atoms with van der Waals surface area (Å²) in [5.41, 5.74) is 0. The first kappa shape index (κ1) is 13.1. The van der Waals surface area contributed by atoms with Crippen LogP contribution in [0, 0.1) is 9.49 Å². The molecule has 1 aromatic rings. The minimum atomic E-state index is 0. The normalized spacial score (nSPS) is 19.7. The summed E-state index contributed by atoms with van der Waals surface area (Å²) in [4.78, 5) is 0.